The van der Waals surface area contributed by atoms with Crippen LogP contribution in [-0.4, -0.2) is 26.2 Å². The summed E-state index contributed by atoms with van der Waals surface area (Å²) in [4.78, 5) is 1.68. The molecule has 1 aliphatic rings. The van der Waals surface area contributed by atoms with Crippen molar-refractivity contribution < 1.29 is 8.78 Å². The van der Waals surface area contributed by atoms with E-state index in [1.165, 1.54) is 0 Å². The Bertz CT molecular complexity index is 493. The lowest BCUT2D eigenvalue weighted by Gasteiger charge is -2.36. The Morgan fingerprint density at radius 3 is 2.20 bits per heavy atom. The molecule has 1 aromatic rings. The van der Waals surface area contributed by atoms with Gasteiger partial charge in [-0.2, -0.15) is 5.26 Å². The average Bonchev–Trinajstić information content (AvgIpc) is 2.46. The highest BCUT2D eigenvalue weighted by Gasteiger charge is 2.26. The number of hydrogen-bond acceptors (Lipinski definition) is 3. The highest BCUT2D eigenvalue weighted by Crippen LogP contribution is 2.30. The summed E-state index contributed by atoms with van der Waals surface area (Å²) in [5.74, 6) is -1.33. The van der Waals surface area contributed by atoms with Gasteiger partial charge >= 0.3 is 0 Å². The normalized spacial score (nSPS) is 22.4. The second-order valence-corrected chi connectivity index (χ2v) is 5.31. The molecular weight excluding hydrogens is 260 g/mol. The first-order chi connectivity index (χ1) is 9.56. The third-order valence-electron chi connectivity index (χ3n) is 4.15. The zero-order valence-corrected chi connectivity index (χ0v) is 11.8. The minimum Gasteiger partial charge on any atom is -0.367 e. The molecule has 0 amide bonds. The van der Waals surface area contributed by atoms with Crippen molar-refractivity contribution in [1.29, 1.82) is 5.26 Å². The van der Waals surface area contributed by atoms with Crippen LogP contribution in [0.5, 0.6) is 0 Å². The first-order valence-electron chi connectivity index (χ1n) is 6.86. The third-order valence-corrected chi connectivity index (χ3v) is 4.15. The fourth-order valence-corrected chi connectivity index (χ4v) is 2.90. The van der Waals surface area contributed by atoms with Crippen molar-refractivity contribution >= 4 is 5.69 Å². The van der Waals surface area contributed by atoms with E-state index in [-0.39, 0.29) is 17.3 Å². The zero-order chi connectivity index (χ0) is 14.7. The van der Waals surface area contributed by atoms with Crippen molar-refractivity contribution in [2.24, 2.45) is 0 Å². The second kappa shape index (κ2) is 6.19. The van der Waals surface area contributed by atoms with Crippen LogP contribution in [0, 0.1) is 23.0 Å². The average molecular weight is 279 g/mol. The monoisotopic (exact) mass is 279 g/mol. The van der Waals surface area contributed by atoms with Crippen LogP contribution in [0.25, 0.3) is 0 Å². The predicted octanol–water partition coefficient (Wildman–Crippen LogP) is 2.80. The second-order valence-electron chi connectivity index (χ2n) is 5.31. The van der Waals surface area contributed by atoms with E-state index < -0.39 is 11.6 Å². The van der Waals surface area contributed by atoms with Gasteiger partial charge in [0.25, 0.3) is 0 Å². The maximum atomic E-state index is 14.0. The van der Waals surface area contributed by atoms with Crippen LogP contribution in [-0.2, 0) is 0 Å². The van der Waals surface area contributed by atoms with Gasteiger partial charge in [0.1, 0.15) is 5.69 Å². The van der Waals surface area contributed by atoms with E-state index >= 15 is 0 Å². The number of benzene rings is 1. The molecule has 3 nitrogen and oxygen atoms in total. The molecule has 1 fully saturated rings. The molecule has 1 N–H and O–H groups in total. The molecule has 0 unspecified atom stereocenters. The van der Waals surface area contributed by atoms with Gasteiger partial charge in [0.2, 0.25) is 0 Å². The van der Waals surface area contributed by atoms with Crippen LogP contribution in [0.4, 0.5) is 14.5 Å². The van der Waals surface area contributed by atoms with Gasteiger partial charge < -0.3 is 10.2 Å². The molecule has 108 valence electrons. The SMILES string of the molecule is CNC1CCC(N(C)c2c(F)cc(C#N)cc2F)CC1. The van der Waals surface area contributed by atoms with Crippen molar-refractivity contribution in [3.63, 3.8) is 0 Å². The Labute approximate surface area is 118 Å². The minimum atomic E-state index is -0.667. The summed E-state index contributed by atoms with van der Waals surface area (Å²) in [7, 11) is 3.66. The Balaban J connectivity index is 2.18. The molecule has 5 heteroatoms. The van der Waals surface area contributed by atoms with Gasteiger partial charge in [0.05, 0.1) is 11.6 Å². The molecule has 0 aliphatic heterocycles. The predicted molar refractivity (Wildman–Crippen MR) is 74.6 cm³/mol. The summed E-state index contributed by atoms with van der Waals surface area (Å²) >= 11 is 0. The summed E-state index contributed by atoms with van der Waals surface area (Å²) in [5, 5.41) is 12.0. The van der Waals surface area contributed by atoms with Crippen LogP contribution in [0.15, 0.2) is 12.1 Å². The summed E-state index contributed by atoms with van der Waals surface area (Å²) in [5.41, 5.74) is -0.0204. The first-order valence-corrected chi connectivity index (χ1v) is 6.86. The molecule has 0 heterocycles. The standard InChI is InChI=1S/C15H19F2N3/c1-19-11-3-5-12(6-4-11)20(2)15-13(16)7-10(9-18)8-14(15)17/h7-8,11-12,19H,3-6H2,1-2H3. The van der Waals surface area contributed by atoms with E-state index in [4.69, 9.17) is 5.26 Å². The maximum Gasteiger partial charge on any atom is 0.150 e. The van der Waals surface area contributed by atoms with Crippen molar-refractivity contribution in [2.75, 3.05) is 19.0 Å². The number of nitrogens with one attached hydrogen (secondary N) is 1. The molecule has 0 aromatic heterocycles. The van der Waals surface area contributed by atoms with Crippen LogP contribution >= 0.6 is 0 Å². The van der Waals surface area contributed by atoms with Gasteiger partial charge in [-0.25, -0.2) is 8.78 Å². The summed E-state index contributed by atoms with van der Waals surface area (Å²) in [6, 6.07) is 4.58. The van der Waals surface area contributed by atoms with Crippen LogP contribution in [0.1, 0.15) is 31.2 Å². The molecule has 0 saturated heterocycles. The molecular formula is C15H19F2N3. The highest BCUT2D eigenvalue weighted by molar-refractivity contribution is 5.52. The smallest absolute Gasteiger partial charge is 0.150 e. The van der Waals surface area contributed by atoms with Gasteiger partial charge in [0.15, 0.2) is 11.6 Å². The fraction of sp³-hybridized carbons (Fsp3) is 0.533. The Morgan fingerprint density at radius 2 is 1.75 bits per heavy atom. The van der Waals surface area contributed by atoms with Crippen LogP contribution in [0.3, 0.4) is 0 Å². The lowest BCUT2D eigenvalue weighted by molar-refractivity contribution is 0.348. The minimum absolute atomic E-state index is 0.0102. The maximum absolute atomic E-state index is 14.0. The lowest BCUT2D eigenvalue weighted by atomic mass is 9.90. The van der Waals surface area contributed by atoms with E-state index in [2.05, 4.69) is 5.32 Å². The van der Waals surface area contributed by atoms with Gasteiger partial charge in [-0.15, -0.1) is 0 Å². The van der Waals surface area contributed by atoms with Crippen molar-refractivity contribution in [2.45, 2.75) is 37.8 Å². The van der Waals surface area contributed by atoms with E-state index in [1.807, 2.05) is 7.05 Å². The van der Waals surface area contributed by atoms with E-state index in [0.29, 0.717) is 6.04 Å². The largest absolute Gasteiger partial charge is 0.367 e. The number of halogens is 2. The molecule has 0 bridgehead atoms. The van der Waals surface area contributed by atoms with Gasteiger partial charge in [-0.05, 0) is 44.9 Å². The number of nitrogens with zero attached hydrogens (tertiary/aromatic N) is 2. The number of nitriles is 1. The van der Waals surface area contributed by atoms with E-state index in [9.17, 15) is 8.78 Å². The highest BCUT2D eigenvalue weighted by atomic mass is 19.1. The van der Waals surface area contributed by atoms with Crippen molar-refractivity contribution in [3.8, 4) is 6.07 Å². The van der Waals surface area contributed by atoms with E-state index in [0.717, 1.165) is 37.8 Å². The molecule has 1 aliphatic carbocycles. The van der Waals surface area contributed by atoms with Crippen molar-refractivity contribution in [1.82, 2.24) is 5.32 Å². The number of anilines is 1. The summed E-state index contributed by atoms with van der Waals surface area (Å²) in [6.45, 7) is 0. The molecule has 2 rings (SSSR count). The lowest BCUT2D eigenvalue weighted by Crippen LogP contribution is -2.40. The number of rotatable bonds is 3. The van der Waals surface area contributed by atoms with Gasteiger partial charge in [0, 0.05) is 19.1 Å². The summed E-state index contributed by atoms with van der Waals surface area (Å²) in [6.07, 6.45) is 3.82. The van der Waals surface area contributed by atoms with Crippen LogP contribution < -0.4 is 10.2 Å². The Morgan fingerprint density at radius 1 is 1.20 bits per heavy atom. The summed E-state index contributed by atoms with van der Waals surface area (Å²) < 4.78 is 28.0. The van der Waals surface area contributed by atoms with Gasteiger partial charge in [-0.1, -0.05) is 0 Å². The molecule has 1 aromatic carbocycles. The van der Waals surface area contributed by atoms with Crippen LogP contribution in [0.2, 0.25) is 0 Å². The quantitative estimate of drug-likeness (QED) is 0.924. The topological polar surface area (TPSA) is 39.1 Å². The van der Waals surface area contributed by atoms with Crippen molar-refractivity contribution in [3.05, 3.63) is 29.3 Å². The molecule has 1 saturated carbocycles. The Hall–Kier alpha value is -1.67. The molecule has 0 spiro atoms. The fourth-order valence-electron chi connectivity index (χ4n) is 2.90. The zero-order valence-electron chi connectivity index (χ0n) is 11.8. The van der Waals surface area contributed by atoms with E-state index in [1.54, 1.807) is 18.0 Å². The first kappa shape index (κ1) is 14.7. The molecule has 20 heavy (non-hydrogen) atoms. The molecule has 0 radical (unpaired) electrons. The molecule has 0 atom stereocenters. The Kier molecular flexibility index (Phi) is 4.56. The number of hydrogen-bond donors (Lipinski definition) is 1. The van der Waals surface area contributed by atoms with Gasteiger partial charge in [-0.3, -0.25) is 0 Å². The third kappa shape index (κ3) is 2.91.